The van der Waals surface area contributed by atoms with Crippen molar-refractivity contribution in [2.24, 2.45) is 0 Å². The lowest BCUT2D eigenvalue weighted by molar-refractivity contribution is -0.132. The summed E-state index contributed by atoms with van der Waals surface area (Å²) in [7, 11) is 0. The summed E-state index contributed by atoms with van der Waals surface area (Å²) < 4.78 is 1.71. The summed E-state index contributed by atoms with van der Waals surface area (Å²) >= 11 is 10.0. The molecule has 15 heavy (non-hydrogen) atoms. The molecule has 0 aliphatic carbocycles. The molecule has 0 radical (unpaired) electrons. The van der Waals surface area contributed by atoms with E-state index in [1.165, 1.54) is 0 Å². The number of rotatable bonds is 3. The zero-order valence-corrected chi connectivity index (χ0v) is 12.3. The summed E-state index contributed by atoms with van der Waals surface area (Å²) in [5.41, 5.74) is 0.936. The topological polar surface area (TPSA) is 37.3 Å². The van der Waals surface area contributed by atoms with E-state index in [2.05, 4.69) is 54.4 Å². The van der Waals surface area contributed by atoms with Crippen molar-refractivity contribution in [3.05, 3.63) is 44.9 Å². The molecule has 2 nitrogen and oxygen atoms in total. The standard InChI is InChI=1S/C10H7Br3O2/c1-5(10(14)15)8(12)6-3-2-4-7(11)9(6)13/h2-4,8H,1H2,(H,14,15). The van der Waals surface area contributed by atoms with Gasteiger partial charge in [-0.2, -0.15) is 0 Å². The molecular weight excluding hydrogens is 392 g/mol. The number of aliphatic carboxylic acids is 1. The zero-order chi connectivity index (χ0) is 11.6. The van der Waals surface area contributed by atoms with Crippen LogP contribution in [0.4, 0.5) is 0 Å². The lowest BCUT2D eigenvalue weighted by Crippen LogP contribution is -2.05. The predicted octanol–water partition coefficient (Wildman–Crippen LogP) is 4.29. The van der Waals surface area contributed by atoms with Crippen molar-refractivity contribution in [2.45, 2.75) is 4.83 Å². The maximum absolute atomic E-state index is 10.8. The second kappa shape index (κ2) is 5.27. The molecule has 1 aromatic carbocycles. The van der Waals surface area contributed by atoms with Crippen LogP contribution in [0.15, 0.2) is 39.3 Å². The number of alkyl halides is 1. The summed E-state index contributed by atoms with van der Waals surface area (Å²) in [4.78, 5) is 10.4. The minimum atomic E-state index is -1.01. The van der Waals surface area contributed by atoms with Crippen molar-refractivity contribution in [3.8, 4) is 0 Å². The van der Waals surface area contributed by atoms with Gasteiger partial charge in [0.05, 0.1) is 4.83 Å². The van der Waals surface area contributed by atoms with Gasteiger partial charge in [-0.05, 0) is 43.5 Å². The maximum atomic E-state index is 10.8. The van der Waals surface area contributed by atoms with E-state index in [9.17, 15) is 4.79 Å². The van der Waals surface area contributed by atoms with Crippen LogP contribution in [-0.4, -0.2) is 11.1 Å². The van der Waals surface area contributed by atoms with Crippen LogP contribution >= 0.6 is 47.8 Å². The second-order valence-corrected chi connectivity index (χ2v) is 5.40. The minimum absolute atomic E-state index is 0.105. The first-order valence-corrected chi connectivity index (χ1v) is 6.45. The maximum Gasteiger partial charge on any atom is 0.332 e. The summed E-state index contributed by atoms with van der Waals surface area (Å²) in [6, 6.07) is 5.55. The van der Waals surface area contributed by atoms with Crippen molar-refractivity contribution in [3.63, 3.8) is 0 Å². The Hall–Kier alpha value is -0.130. The third kappa shape index (κ3) is 2.92. The number of halogens is 3. The molecule has 5 heteroatoms. The monoisotopic (exact) mass is 396 g/mol. The molecule has 0 spiro atoms. The van der Waals surface area contributed by atoms with Gasteiger partial charge in [-0.25, -0.2) is 4.79 Å². The Bertz CT molecular complexity index is 415. The third-order valence-corrected chi connectivity index (χ3v) is 4.96. The molecule has 1 N–H and O–H groups in total. The van der Waals surface area contributed by atoms with Crippen molar-refractivity contribution in [1.82, 2.24) is 0 Å². The molecule has 1 aromatic rings. The molecular formula is C10H7Br3O2. The molecule has 0 aliphatic heterocycles. The molecule has 0 bridgehead atoms. The van der Waals surface area contributed by atoms with E-state index >= 15 is 0 Å². The Balaban J connectivity index is 3.12. The van der Waals surface area contributed by atoms with Crippen molar-refractivity contribution in [1.29, 1.82) is 0 Å². The van der Waals surface area contributed by atoms with Gasteiger partial charge in [0.1, 0.15) is 0 Å². The summed E-state index contributed by atoms with van der Waals surface area (Å²) in [6.45, 7) is 3.52. The number of hydrogen-bond acceptors (Lipinski definition) is 1. The molecule has 80 valence electrons. The van der Waals surface area contributed by atoms with Gasteiger partial charge in [0, 0.05) is 14.5 Å². The summed E-state index contributed by atoms with van der Waals surface area (Å²) in [6.07, 6.45) is 0. The smallest absolute Gasteiger partial charge is 0.332 e. The normalized spacial score (nSPS) is 12.2. The highest BCUT2D eigenvalue weighted by Gasteiger charge is 2.20. The van der Waals surface area contributed by atoms with Gasteiger partial charge in [0.2, 0.25) is 0 Å². The van der Waals surface area contributed by atoms with Gasteiger partial charge in [0.25, 0.3) is 0 Å². The Kier molecular flexibility index (Phi) is 4.55. The first-order valence-electron chi connectivity index (χ1n) is 3.95. The fourth-order valence-corrected chi connectivity index (χ4v) is 2.77. The molecule has 0 fully saturated rings. The lowest BCUT2D eigenvalue weighted by Gasteiger charge is -2.12. The highest BCUT2D eigenvalue weighted by molar-refractivity contribution is 9.13. The van der Waals surface area contributed by atoms with Gasteiger partial charge in [-0.3, -0.25) is 0 Å². The molecule has 1 unspecified atom stereocenters. The van der Waals surface area contributed by atoms with E-state index in [0.29, 0.717) is 0 Å². The van der Waals surface area contributed by atoms with Gasteiger partial charge >= 0.3 is 5.97 Å². The molecule has 1 atom stereocenters. The second-order valence-electron chi connectivity index (χ2n) is 2.84. The highest BCUT2D eigenvalue weighted by atomic mass is 79.9. The van der Waals surface area contributed by atoms with Crippen LogP contribution in [0, 0.1) is 0 Å². The third-order valence-electron chi connectivity index (χ3n) is 1.84. The van der Waals surface area contributed by atoms with E-state index in [4.69, 9.17) is 5.11 Å². The van der Waals surface area contributed by atoms with Crippen LogP contribution in [0.3, 0.4) is 0 Å². The molecule has 0 amide bonds. The average Bonchev–Trinajstić information content (AvgIpc) is 2.20. The van der Waals surface area contributed by atoms with Crippen molar-refractivity contribution >= 4 is 53.8 Å². The Labute approximate surface area is 113 Å². The van der Waals surface area contributed by atoms with E-state index in [1.807, 2.05) is 18.2 Å². The van der Waals surface area contributed by atoms with Crippen LogP contribution in [0.5, 0.6) is 0 Å². The van der Waals surface area contributed by atoms with E-state index in [1.54, 1.807) is 0 Å². The van der Waals surface area contributed by atoms with E-state index < -0.39 is 10.8 Å². The number of carbonyl (C=O) groups is 1. The van der Waals surface area contributed by atoms with Crippen LogP contribution in [0.25, 0.3) is 0 Å². The SMILES string of the molecule is C=C(C(=O)O)C(Br)c1cccc(Br)c1Br. The first kappa shape index (κ1) is 12.9. The lowest BCUT2D eigenvalue weighted by atomic mass is 10.1. The van der Waals surface area contributed by atoms with Crippen molar-refractivity contribution in [2.75, 3.05) is 0 Å². The van der Waals surface area contributed by atoms with Gasteiger partial charge in [-0.1, -0.05) is 34.6 Å². The molecule has 1 rings (SSSR count). The van der Waals surface area contributed by atoms with Crippen LogP contribution in [-0.2, 0) is 4.79 Å². The highest BCUT2D eigenvalue weighted by Crippen LogP contribution is 2.37. The van der Waals surface area contributed by atoms with E-state index in [0.717, 1.165) is 14.5 Å². The van der Waals surface area contributed by atoms with Crippen LogP contribution in [0.1, 0.15) is 10.4 Å². The Morgan fingerprint density at radius 1 is 1.40 bits per heavy atom. The Morgan fingerprint density at radius 2 is 2.00 bits per heavy atom. The van der Waals surface area contributed by atoms with Gasteiger partial charge in [-0.15, -0.1) is 0 Å². The number of carboxylic acids is 1. The fraction of sp³-hybridized carbons (Fsp3) is 0.100. The fourth-order valence-electron chi connectivity index (χ4n) is 1.01. The number of carboxylic acid groups (broad SMARTS) is 1. The largest absolute Gasteiger partial charge is 0.478 e. The van der Waals surface area contributed by atoms with Gasteiger partial charge in [0.15, 0.2) is 0 Å². The zero-order valence-electron chi connectivity index (χ0n) is 7.51. The summed E-state index contributed by atoms with van der Waals surface area (Å²) in [5.74, 6) is -1.01. The number of benzene rings is 1. The predicted molar refractivity (Wildman–Crippen MR) is 70.3 cm³/mol. The van der Waals surface area contributed by atoms with Crippen LogP contribution in [0.2, 0.25) is 0 Å². The van der Waals surface area contributed by atoms with Gasteiger partial charge < -0.3 is 5.11 Å². The minimum Gasteiger partial charge on any atom is -0.478 e. The molecule has 0 saturated heterocycles. The summed E-state index contributed by atoms with van der Waals surface area (Å²) in [5, 5.41) is 8.82. The molecule has 0 saturated carbocycles. The molecule has 0 aliphatic rings. The molecule has 0 aromatic heterocycles. The molecule has 0 heterocycles. The van der Waals surface area contributed by atoms with Crippen molar-refractivity contribution < 1.29 is 9.90 Å². The van der Waals surface area contributed by atoms with Crippen LogP contribution < -0.4 is 0 Å². The number of hydrogen-bond donors (Lipinski definition) is 1. The quantitative estimate of drug-likeness (QED) is 0.609. The average molecular weight is 399 g/mol. The first-order chi connectivity index (χ1) is 6.95. The van der Waals surface area contributed by atoms with E-state index in [-0.39, 0.29) is 5.57 Å². The Morgan fingerprint density at radius 3 is 2.53 bits per heavy atom.